The highest BCUT2D eigenvalue weighted by Crippen LogP contribution is 2.28. The second kappa shape index (κ2) is 4.88. The summed E-state index contributed by atoms with van der Waals surface area (Å²) in [4.78, 5) is 15.5. The summed E-state index contributed by atoms with van der Waals surface area (Å²) in [6, 6.07) is 10.4. The molecule has 0 radical (unpaired) electrons. The molecule has 0 amide bonds. The van der Waals surface area contributed by atoms with Crippen LogP contribution in [0.25, 0.3) is 0 Å². The first-order chi connectivity index (χ1) is 8.55. The van der Waals surface area contributed by atoms with E-state index in [1.165, 1.54) is 6.20 Å². The summed E-state index contributed by atoms with van der Waals surface area (Å²) in [6.45, 7) is 0. The molecule has 1 aromatic heterocycles. The van der Waals surface area contributed by atoms with E-state index in [0.29, 0.717) is 15.6 Å². The van der Waals surface area contributed by atoms with Gasteiger partial charge in [0.05, 0.1) is 0 Å². The molecule has 0 spiro atoms. The first kappa shape index (κ1) is 12.7. The number of carbonyl (C=O) groups is 1. The molecule has 0 saturated carbocycles. The number of benzene rings is 1. The number of carboxylic acids is 1. The Labute approximate surface area is 113 Å². The van der Waals surface area contributed by atoms with Crippen molar-refractivity contribution in [3.8, 4) is 0 Å². The molecule has 3 N–H and O–H groups in total. The van der Waals surface area contributed by atoms with Crippen LogP contribution in [-0.2, 0) is 10.3 Å². The smallest absolute Gasteiger partial charge is 0.333 e. The Kier molecular flexibility index (Phi) is 3.45. The average Bonchev–Trinajstić information content (AvgIpc) is 2.38. The third-order valence-corrected chi connectivity index (χ3v) is 3.16. The van der Waals surface area contributed by atoms with Crippen molar-refractivity contribution in [3.63, 3.8) is 0 Å². The molecule has 0 fully saturated rings. The van der Waals surface area contributed by atoms with Crippen LogP contribution in [0.15, 0.2) is 53.3 Å². The van der Waals surface area contributed by atoms with E-state index in [4.69, 9.17) is 5.73 Å². The highest BCUT2D eigenvalue weighted by Gasteiger charge is 2.38. The first-order valence-corrected chi connectivity index (χ1v) is 6.03. The molecule has 0 saturated heterocycles. The van der Waals surface area contributed by atoms with Gasteiger partial charge >= 0.3 is 5.97 Å². The maximum atomic E-state index is 11.6. The monoisotopic (exact) mass is 306 g/mol. The molecule has 2 aromatic rings. The molecule has 4 nitrogen and oxygen atoms in total. The van der Waals surface area contributed by atoms with E-state index < -0.39 is 11.5 Å². The zero-order valence-electron chi connectivity index (χ0n) is 9.38. The van der Waals surface area contributed by atoms with Gasteiger partial charge in [0, 0.05) is 22.4 Å². The number of hydrogen-bond donors (Lipinski definition) is 2. The molecule has 92 valence electrons. The Morgan fingerprint density at radius 1 is 1.22 bits per heavy atom. The van der Waals surface area contributed by atoms with Crippen LogP contribution in [-0.4, -0.2) is 16.1 Å². The van der Waals surface area contributed by atoms with Crippen LogP contribution in [0.3, 0.4) is 0 Å². The fourth-order valence-corrected chi connectivity index (χ4v) is 2.11. The van der Waals surface area contributed by atoms with Crippen molar-refractivity contribution >= 4 is 21.9 Å². The van der Waals surface area contributed by atoms with Gasteiger partial charge in [-0.25, -0.2) is 4.79 Å². The van der Waals surface area contributed by atoms with Gasteiger partial charge in [-0.15, -0.1) is 0 Å². The maximum Gasteiger partial charge on any atom is 0.333 e. The van der Waals surface area contributed by atoms with E-state index in [1.807, 2.05) is 6.07 Å². The molecule has 18 heavy (non-hydrogen) atoms. The lowest BCUT2D eigenvalue weighted by molar-refractivity contribution is -0.142. The van der Waals surface area contributed by atoms with E-state index in [9.17, 15) is 9.90 Å². The summed E-state index contributed by atoms with van der Waals surface area (Å²) in [5.74, 6) is -1.12. The summed E-state index contributed by atoms with van der Waals surface area (Å²) in [5, 5.41) is 9.46. The number of rotatable bonds is 3. The average molecular weight is 307 g/mol. The zero-order valence-corrected chi connectivity index (χ0v) is 11.0. The van der Waals surface area contributed by atoms with Gasteiger partial charge in [-0.1, -0.05) is 30.3 Å². The number of aromatic nitrogens is 1. The highest BCUT2D eigenvalue weighted by molar-refractivity contribution is 9.10. The van der Waals surface area contributed by atoms with Gasteiger partial charge in [0.2, 0.25) is 0 Å². The lowest BCUT2D eigenvalue weighted by Gasteiger charge is -2.25. The Hall–Kier alpha value is -1.72. The van der Waals surface area contributed by atoms with Crippen LogP contribution >= 0.6 is 15.9 Å². The molecule has 0 aliphatic heterocycles. The van der Waals surface area contributed by atoms with Crippen molar-refractivity contribution in [2.24, 2.45) is 5.73 Å². The molecule has 5 heteroatoms. The lowest BCUT2D eigenvalue weighted by Crippen LogP contribution is -2.46. The number of nitrogens with zero attached hydrogens (tertiary/aromatic N) is 1. The summed E-state index contributed by atoms with van der Waals surface area (Å²) < 4.78 is 0.687. The van der Waals surface area contributed by atoms with Crippen molar-refractivity contribution in [1.29, 1.82) is 0 Å². The second-order valence-corrected chi connectivity index (χ2v) is 4.79. The number of hydrogen-bond acceptors (Lipinski definition) is 3. The summed E-state index contributed by atoms with van der Waals surface area (Å²) in [6.07, 6.45) is 3.04. The van der Waals surface area contributed by atoms with Gasteiger partial charge < -0.3 is 10.8 Å². The number of pyridine rings is 1. The molecular formula is C13H11BrN2O2. The molecule has 1 unspecified atom stereocenters. The molecule has 1 aromatic carbocycles. The quantitative estimate of drug-likeness (QED) is 0.911. The van der Waals surface area contributed by atoms with E-state index in [0.717, 1.165) is 0 Å². The van der Waals surface area contributed by atoms with Crippen LogP contribution in [0.2, 0.25) is 0 Å². The lowest BCUT2D eigenvalue weighted by atomic mass is 9.85. The topological polar surface area (TPSA) is 76.2 Å². The van der Waals surface area contributed by atoms with E-state index in [1.54, 1.807) is 36.5 Å². The summed E-state index contributed by atoms with van der Waals surface area (Å²) in [5.41, 5.74) is 5.43. The van der Waals surface area contributed by atoms with Crippen molar-refractivity contribution in [2.45, 2.75) is 5.54 Å². The van der Waals surface area contributed by atoms with Crippen molar-refractivity contribution in [1.82, 2.24) is 4.98 Å². The minimum atomic E-state index is -1.60. The predicted octanol–water partition coefficient (Wildman–Crippen LogP) is 2.13. The third kappa shape index (κ3) is 2.14. The van der Waals surface area contributed by atoms with Gasteiger partial charge in [0.25, 0.3) is 0 Å². The number of nitrogens with two attached hydrogens (primary N) is 1. The molecule has 0 bridgehead atoms. The summed E-state index contributed by atoms with van der Waals surface area (Å²) in [7, 11) is 0. The minimum absolute atomic E-state index is 0.426. The maximum absolute atomic E-state index is 11.6. The van der Waals surface area contributed by atoms with Gasteiger partial charge in [0.1, 0.15) is 0 Å². The standard InChI is InChI=1S/C13H11BrN2O2/c14-11-6-10(7-16-8-11)13(15,12(17)18)9-4-2-1-3-5-9/h1-8H,15H2,(H,17,18). The Morgan fingerprint density at radius 2 is 1.89 bits per heavy atom. The SMILES string of the molecule is NC(C(=O)O)(c1ccccc1)c1cncc(Br)c1. The number of halogens is 1. The Balaban J connectivity index is 2.62. The minimum Gasteiger partial charge on any atom is -0.479 e. The summed E-state index contributed by atoms with van der Waals surface area (Å²) >= 11 is 3.27. The van der Waals surface area contributed by atoms with E-state index in [-0.39, 0.29) is 0 Å². The van der Waals surface area contributed by atoms with Crippen molar-refractivity contribution < 1.29 is 9.90 Å². The fourth-order valence-electron chi connectivity index (χ4n) is 1.74. The van der Waals surface area contributed by atoms with Gasteiger partial charge in [-0.2, -0.15) is 0 Å². The van der Waals surface area contributed by atoms with Crippen molar-refractivity contribution in [2.75, 3.05) is 0 Å². The van der Waals surface area contributed by atoms with E-state index >= 15 is 0 Å². The molecule has 1 heterocycles. The Morgan fingerprint density at radius 3 is 2.44 bits per heavy atom. The second-order valence-electron chi connectivity index (χ2n) is 3.87. The fraction of sp³-hybridized carbons (Fsp3) is 0.0769. The molecule has 1 atom stereocenters. The van der Waals surface area contributed by atoms with Crippen molar-refractivity contribution in [3.05, 3.63) is 64.4 Å². The van der Waals surface area contributed by atoms with Gasteiger partial charge in [0.15, 0.2) is 5.54 Å². The van der Waals surface area contributed by atoms with Crippen LogP contribution < -0.4 is 5.73 Å². The van der Waals surface area contributed by atoms with Crippen LogP contribution in [0.5, 0.6) is 0 Å². The Bertz CT molecular complexity index is 574. The third-order valence-electron chi connectivity index (χ3n) is 2.73. The first-order valence-electron chi connectivity index (χ1n) is 5.24. The number of aliphatic carboxylic acids is 1. The largest absolute Gasteiger partial charge is 0.479 e. The van der Waals surface area contributed by atoms with Gasteiger partial charge in [-0.05, 0) is 27.6 Å². The normalized spacial score (nSPS) is 13.9. The van der Waals surface area contributed by atoms with Crippen LogP contribution in [0.4, 0.5) is 0 Å². The molecule has 0 aliphatic rings. The molecule has 0 aliphatic carbocycles. The van der Waals surface area contributed by atoms with Crippen LogP contribution in [0.1, 0.15) is 11.1 Å². The zero-order chi connectivity index (χ0) is 13.2. The number of carboxylic acid groups (broad SMARTS) is 1. The van der Waals surface area contributed by atoms with E-state index in [2.05, 4.69) is 20.9 Å². The molecular weight excluding hydrogens is 296 g/mol. The molecule has 2 rings (SSSR count). The predicted molar refractivity (Wildman–Crippen MR) is 71.0 cm³/mol. The van der Waals surface area contributed by atoms with Crippen LogP contribution in [0, 0.1) is 0 Å². The van der Waals surface area contributed by atoms with Gasteiger partial charge in [-0.3, -0.25) is 4.98 Å². The highest BCUT2D eigenvalue weighted by atomic mass is 79.9.